The van der Waals surface area contributed by atoms with Gasteiger partial charge in [-0.3, -0.25) is 0 Å². The average Bonchev–Trinajstić information content (AvgIpc) is 2.49. The van der Waals surface area contributed by atoms with Crippen LogP contribution in [-0.2, 0) is 0 Å². The molecule has 3 heteroatoms. The highest BCUT2D eigenvalue weighted by atomic mass is 15.3. The number of hydrogen-bond donors (Lipinski definition) is 0. The molecule has 0 bridgehead atoms. The summed E-state index contributed by atoms with van der Waals surface area (Å²) in [6.45, 7) is 6.93. The van der Waals surface area contributed by atoms with E-state index < -0.39 is 0 Å². The highest BCUT2D eigenvalue weighted by molar-refractivity contribution is 5.79. The Bertz CT molecular complexity index is 300. The lowest BCUT2D eigenvalue weighted by Gasteiger charge is -2.31. The molecule has 0 fully saturated rings. The highest BCUT2D eigenvalue weighted by Crippen LogP contribution is 2.27. The SMILES string of the molecule is CCCCCCCC(C)(CCCCCC)N=C(N(C)C)N(C)C. The van der Waals surface area contributed by atoms with Crippen molar-refractivity contribution >= 4 is 5.96 Å². The normalized spacial score (nSPS) is 13.5. The van der Waals surface area contributed by atoms with Gasteiger partial charge in [0, 0.05) is 28.2 Å². The van der Waals surface area contributed by atoms with Crippen LogP contribution in [0.25, 0.3) is 0 Å². The molecule has 0 rings (SSSR count). The van der Waals surface area contributed by atoms with Gasteiger partial charge < -0.3 is 9.80 Å². The summed E-state index contributed by atoms with van der Waals surface area (Å²) < 4.78 is 0. The molecule has 23 heavy (non-hydrogen) atoms. The van der Waals surface area contributed by atoms with E-state index >= 15 is 0 Å². The lowest BCUT2D eigenvalue weighted by atomic mass is 9.88. The van der Waals surface area contributed by atoms with Crippen LogP contribution >= 0.6 is 0 Å². The second-order valence-electron chi connectivity index (χ2n) is 7.67. The van der Waals surface area contributed by atoms with Crippen LogP contribution < -0.4 is 0 Å². The van der Waals surface area contributed by atoms with Crippen LogP contribution in [0.5, 0.6) is 0 Å². The molecule has 0 aromatic carbocycles. The standard InChI is InChI=1S/C20H43N3/c1-8-10-12-14-16-18-20(3,17-15-13-11-9-2)21-19(22(4)5)23(6)7/h8-18H2,1-7H3. The van der Waals surface area contributed by atoms with E-state index in [2.05, 4.69) is 58.8 Å². The predicted octanol–water partition coefficient (Wildman–Crippen LogP) is 5.56. The van der Waals surface area contributed by atoms with Crippen LogP contribution in [0.15, 0.2) is 4.99 Å². The fourth-order valence-electron chi connectivity index (χ4n) is 3.12. The molecule has 0 spiro atoms. The molecule has 0 aliphatic carbocycles. The first-order valence-electron chi connectivity index (χ1n) is 9.80. The van der Waals surface area contributed by atoms with Crippen molar-refractivity contribution < 1.29 is 0 Å². The van der Waals surface area contributed by atoms with Crippen LogP contribution in [0.1, 0.15) is 91.4 Å². The van der Waals surface area contributed by atoms with Crippen molar-refractivity contribution in [2.24, 2.45) is 4.99 Å². The van der Waals surface area contributed by atoms with Crippen molar-refractivity contribution in [3.8, 4) is 0 Å². The van der Waals surface area contributed by atoms with Gasteiger partial charge in [-0.1, -0.05) is 71.6 Å². The Morgan fingerprint density at radius 1 is 0.696 bits per heavy atom. The molecule has 0 aromatic rings. The Labute approximate surface area is 146 Å². The molecular formula is C20H43N3. The Kier molecular flexibility index (Phi) is 12.3. The summed E-state index contributed by atoms with van der Waals surface area (Å²) in [5.74, 6) is 1.09. The minimum Gasteiger partial charge on any atom is -0.349 e. The number of guanidine groups is 1. The van der Waals surface area contributed by atoms with Crippen LogP contribution in [0, 0.1) is 0 Å². The van der Waals surface area contributed by atoms with E-state index in [1.54, 1.807) is 0 Å². The number of unbranched alkanes of at least 4 members (excludes halogenated alkanes) is 7. The molecule has 0 saturated carbocycles. The second-order valence-corrected chi connectivity index (χ2v) is 7.67. The second kappa shape index (κ2) is 12.7. The third kappa shape index (κ3) is 10.6. The third-order valence-corrected chi connectivity index (χ3v) is 4.56. The molecule has 0 N–H and O–H groups in total. The van der Waals surface area contributed by atoms with Crippen molar-refractivity contribution in [3.63, 3.8) is 0 Å². The largest absolute Gasteiger partial charge is 0.349 e. The van der Waals surface area contributed by atoms with Gasteiger partial charge in [-0.25, -0.2) is 4.99 Å². The number of rotatable bonds is 12. The number of nitrogens with zero attached hydrogens (tertiary/aromatic N) is 3. The smallest absolute Gasteiger partial charge is 0.196 e. The molecule has 0 amide bonds. The van der Waals surface area contributed by atoms with Crippen molar-refractivity contribution in [3.05, 3.63) is 0 Å². The minimum atomic E-state index is 0.0871. The zero-order valence-electron chi connectivity index (χ0n) is 17.1. The van der Waals surface area contributed by atoms with Crippen molar-refractivity contribution in [1.29, 1.82) is 0 Å². The first-order valence-corrected chi connectivity index (χ1v) is 9.80. The lowest BCUT2D eigenvalue weighted by molar-refractivity contribution is 0.351. The van der Waals surface area contributed by atoms with Crippen LogP contribution in [0.3, 0.4) is 0 Å². The van der Waals surface area contributed by atoms with Gasteiger partial charge in [-0.15, -0.1) is 0 Å². The number of hydrogen-bond acceptors (Lipinski definition) is 1. The number of aliphatic imine (C=N–C) groups is 1. The van der Waals surface area contributed by atoms with Crippen molar-refractivity contribution in [2.45, 2.75) is 96.9 Å². The molecule has 0 radical (unpaired) electrons. The van der Waals surface area contributed by atoms with Crippen molar-refractivity contribution in [1.82, 2.24) is 9.80 Å². The molecule has 1 unspecified atom stereocenters. The summed E-state index contributed by atoms with van der Waals surface area (Å²) >= 11 is 0. The van der Waals surface area contributed by atoms with E-state index in [-0.39, 0.29) is 5.54 Å². The van der Waals surface area contributed by atoms with E-state index in [0.717, 1.165) is 5.96 Å². The quantitative estimate of drug-likeness (QED) is 0.266. The molecule has 138 valence electrons. The van der Waals surface area contributed by atoms with Gasteiger partial charge >= 0.3 is 0 Å². The maximum absolute atomic E-state index is 5.19. The Balaban J connectivity index is 4.78. The summed E-state index contributed by atoms with van der Waals surface area (Å²) in [4.78, 5) is 9.47. The van der Waals surface area contributed by atoms with Gasteiger partial charge in [-0.2, -0.15) is 0 Å². The van der Waals surface area contributed by atoms with E-state index in [1.807, 2.05) is 0 Å². The van der Waals surface area contributed by atoms with Gasteiger partial charge in [0.05, 0.1) is 5.54 Å². The fraction of sp³-hybridized carbons (Fsp3) is 0.950. The third-order valence-electron chi connectivity index (χ3n) is 4.56. The maximum Gasteiger partial charge on any atom is 0.196 e. The zero-order chi connectivity index (χ0) is 17.7. The summed E-state index contributed by atoms with van der Waals surface area (Å²) in [6.07, 6.45) is 14.5. The van der Waals surface area contributed by atoms with Gasteiger partial charge in [-0.05, 0) is 19.8 Å². The maximum atomic E-state index is 5.19. The van der Waals surface area contributed by atoms with Crippen LogP contribution in [0.2, 0.25) is 0 Å². The van der Waals surface area contributed by atoms with Gasteiger partial charge in [0.25, 0.3) is 0 Å². The first-order chi connectivity index (χ1) is 10.9. The monoisotopic (exact) mass is 325 g/mol. The molecule has 0 aliphatic heterocycles. The lowest BCUT2D eigenvalue weighted by Crippen LogP contribution is -2.39. The van der Waals surface area contributed by atoms with Crippen LogP contribution in [0.4, 0.5) is 0 Å². The Morgan fingerprint density at radius 3 is 1.48 bits per heavy atom. The summed E-state index contributed by atoms with van der Waals surface area (Å²) in [6, 6.07) is 0. The highest BCUT2D eigenvalue weighted by Gasteiger charge is 2.24. The first kappa shape index (κ1) is 22.3. The van der Waals surface area contributed by atoms with E-state index in [0.29, 0.717) is 0 Å². The molecule has 0 aromatic heterocycles. The molecule has 0 aliphatic rings. The van der Waals surface area contributed by atoms with E-state index in [4.69, 9.17) is 4.99 Å². The molecule has 0 heterocycles. The summed E-state index contributed by atoms with van der Waals surface area (Å²) in [5.41, 5.74) is 0.0871. The average molecular weight is 326 g/mol. The zero-order valence-corrected chi connectivity index (χ0v) is 17.1. The Morgan fingerprint density at radius 2 is 1.09 bits per heavy atom. The van der Waals surface area contributed by atoms with E-state index in [1.165, 1.54) is 70.6 Å². The van der Waals surface area contributed by atoms with Crippen LogP contribution in [-0.4, -0.2) is 49.5 Å². The molecule has 3 nitrogen and oxygen atoms in total. The molecule has 1 atom stereocenters. The topological polar surface area (TPSA) is 18.8 Å². The van der Waals surface area contributed by atoms with Gasteiger partial charge in [0.15, 0.2) is 5.96 Å². The summed E-state index contributed by atoms with van der Waals surface area (Å²) in [5, 5.41) is 0. The molecule has 0 saturated heterocycles. The Hall–Kier alpha value is -0.730. The predicted molar refractivity (Wildman–Crippen MR) is 105 cm³/mol. The van der Waals surface area contributed by atoms with Gasteiger partial charge in [0.1, 0.15) is 0 Å². The van der Waals surface area contributed by atoms with Gasteiger partial charge in [0.2, 0.25) is 0 Å². The molecular weight excluding hydrogens is 282 g/mol. The van der Waals surface area contributed by atoms with Crippen molar-refractivity contribution in [2.75, 3.05) is 28.2 Å². The summed E-state index contributed by atoms with van der Waals surface area (Å²) in [7, 11) is 8.38. The fourth-order valence-corrected chi connectivity index (χ4v) is 3.12. The minimum absolute atomic E-state index is 0.0871. The van der Waals surface area contributed by atoms with E-state index in [9.17, 15) is 0 Å².